The maximum absolute atomic E-state index is 13.0. The van der Waals surface area contributed by atoms with Crippen molar-refractivity contribution in [1.82, 2.24) is 9.80 Å². The average Bonchev–Trinajstić information content (AvgIpc) is 2.68. The van der Waals surface area contributed by atoms with Gasteiger partial charge in [-0.3, -0.25) is 9.59 Å². The van der Waals surface area contributed by atoms with Crippen molar-refractivity contribution in [3.8, 4) is 0 Å². The Kier molecular flexibility index (Phi) is 5.71. The van der Waals surface area contributed by atoms with Crippen molar-refractivity contribution in [3.63, 3.8) is 0 Å². The Morgan fingerprint density at radius 1 is 0.846 bits per heavy atom. The molecule has 2 amide bonds. The third-order valence-corrected chi connectivity index (χ3v) is 4.86. The first kappa shape index (κ1) is 18.2. The summed E-state index contributed by atoms with van der Waals surface area (Å²) in [7, 11) is 0. The number of carbonyl (C=O) groups is 2. The fourth-order valence-electron chi connectivity index (χ4n) is 3.36. The van der Waals surface area contributed by atoms with E-state index in [0.29, 0.717) is 26.2 Å². The first-order valence-corrected chi connectivity index (χ1v) is 9.26. The van der Waals surface area contributed by atoms with Gasteiger partial charge >= 0.3 is 0 Å². The lowest BCUT2D eigenvalue weighted by atomic mass is 9.98. The van der Waals surface area contributed by atoms with Crippen molar-refractivity contribution < 1.29 is 9.59 Å². The summed E-state index contributed by atoms with van der Waals surface area (Å²) in [5.74, 6) is 0.235. The topological polar surface area (TPSA) is 40.6 Å². The van der Waals surface area contributed by atoms with Gasteiger partial charge in [-0.25, -0.2) is 0 Å². The van der Waals surface area contributed by atoms with E-state index in [1.54, 1.807) is 0 Å². The van der Waals surface area contributed by atoms with Gasteiger partial charge in [0.15, 0.2) is 0 Å². The van der Waals surface area contributed by atoms with E-state index in [0.717, 1.165) is 17.5 Å². The predicted molar refractivity (Wildman–Crippen MR) is 103 cm³/mol. The molecular formula is C22H26N2O2. The van der Waals surface area contributed by atoms with Crippen molar-refractivity contribution >= 4 is 11.8 Å². The minimum atomic E-state index is 0.00356. The highest BCUT2D eigenvalue weighted by Crippen LogP contribution is 2.18. The van der Waals surface area contributed by atoms with Gasteiger partial charge in [-0.05, 0) is 23.6 Å². The van der Waals surface area contributed by atoms with Crippen LogP contribution in [0.5, 0.6) is 0 Å². The number of hydrogen-bond donors (Lipinski definition) is 0. The highest BCUT2D eigenvalue weighted by Gasteiger charge is 2.26. The number of piperazine rings is 1. The van der Waals surface area contributed by atoms with Crippen LogP contribution in [0.1, 0.15) is 35.3 Å². The lowest BCUT2D eigenvalue weighted by molar-refractivity contribution is -0.135. The van der Waals surface area contributed by atoms with Crippen molar-refractivity contribution in [3.05, 3.63) is 71.3 Å². The summed E-state index contributed by atoms with van der Waals surface area (Å²) < 4.78 is 0. The molecule has 0 unspecified atom stereocenters. The molecule has 1 aliphatic rings. The van der Waals surface area contributed by atoms with Gasteiger partial charge in [0.1, 0.15) is 0 Å². The summed E-state index contributed by atoms with van der Waals surface area (Å²) >= 11 is 0. The second-order valence-corrected chi connectivity index (χ2v) is 7.09. The molecule has 4 nitrogen and oxygen atoms in total. The van der Waals surface area contributed by atoms with E-state index in [4.69, 9.17) is 0 Å². The fraction of sp³-hybridized carbons (Fsp3) is 0.364. The van der Waals surface area contributed by atoms with Gasteiger partial charge in [0, 0.05) is 37.7 Å². The van der Waals surface area contributed by atoms with Crippen LogP contribution in [-0.4, -0.2) is 47.8 Å². The molecule has 0 aromatic heterocycles. The summed E-state index contributed by atoms with van der Waals surface area (Å²) in [6.07, 6.45) is 0.745. The summed E-state index contributed by atoms with van der Waals surface area (Å²) in [5.41, 5.74) is 3.00. The quantitative estimate of drug-likeness (QED) is 0.849. The Morgan fingerprint density at radius 3 is 2.08 bits per heavy atom. The van der Waals surface area contributed by atoms with E-state index >= 15 is 0 Å². The van der Waals surface area contributed by atoms with E-state index in [-0.39, 0.29) is 17.7 Å². The first-order valence-electron chi connectivity index (χ1n) is 9.26. The molecule has 0 saturated carbocycles. The molecule has 0 bridgehead atoms. The monoisotopic (exact) mass is 350 g/mol. The van der Waals surface area contributed by atoms with Crippen LogP contribution < -0.4 is 0 Å². The highest BCUT2D eigenvalue weighted by atomic mass is 16.2. The Morgan fingerprint density at radius 2 is 1.42 bits per heavy atom. The van der Waals surface area contributed by atoms with E-state index in [1.807, 2.05) is 66.1 Å². The third kappa shape index (κ3) is 4.13. The molecule has 1 heterocycles. The van der Waals surface area contributed by atoms with E-state index in [2.05, 4.69) is 12.1 Å². The predicted octanol–water partition coefficient (Wildman–Crippen LogP) is 3.22. The normalized spacial score (nSPS) is 14.6. The van der Waals surface area contributed by atoms with Gasteiger partial charge in [-0.15, -0.1) is 0 Å². The van der Waals surface area contributed by atoms with Crippen molar-refractivity contribution in [2.24, 2.45) is 5.92 Å². The Hall–Kier alpha value is -2.62. The molecule has 0 atom stereocenters. The minimum absolute atomic E-state index is 0.00356. The second kappa shape index (κ2) is 8.17. The van der Waals surface area contributed by atoms with E-state index in [1.165, 1.54) is 5.56 Å². The molecular weight excluding hydrogens is 324 g/mol. The maximum Gasteiger partial charge on any atom is 0.254 e. The van der Waals surface area contributed by atoms with Crippen molar-refractivity contribution in [2.45, 2.75) is 20.3 Å². The summed E-state index contributed by atoms with van der Waals surface area (Å²) in [6, 6.07) is 18.0. The zero-order valence-corrected chi connectivity index (χ0v) is 15.5. The third-order valence-electron chi connectivity index (χ3n) is 4.86. The maximum atomic E-state index is 13.0. The van der Waals surface area contributed by atoms with Crippen molar-refractivity contribution in [2.75, 3.05) is 26.2 Å². The molecule has 0 radical (unpaired) electrons. The number of amides is 2. The Balaban J connectivity index is 1.70. The number of carbonyl (C=O) groups excluding carboxylic acids is 2. The zero-order chi connectivity index (χ0) is 18.5. The van der Waals surface area contributed by atoms with E-state index < -0.39 is 0 Å². The molecule has 1 fully saturated rings. The van der Waals surface area contributed by atoms with Crippen LogP contribution in [0, 0.1) is 5.92 Å². The average molecular weight is 350 g/mol. The lowest BCUT2D eigenvalue weighted by Gasteiger charge is -2.36. The molecule has 3 rings (SSSR count). The number of hydrogen-bond acceptors (Lipinski definition) is 2. The number of benzene rings is 2. The molecule has 2 aromatic rings. The van der Waals surface area contributed by atoms with Crippen LogP contribution >= 0.6 is 0 Å². The van der Waals surface area contributed by atoms with E-state index in [9.17, 15) is 9.59 Å². The van der Waals surface area contributed by atoms with Crippen molar-refractivity contribution in [1.29, 1.82) is 0 Å². The number of nitrogens with zero attached hydrogens (tertiary/aromatic N) is 2. The van der Waals surface area contributed by atoms with Crippen LogP contribution in [0.4, 0.5) is 0 Å². The lowest BCUT2D eigenvalue weighted by Crippen LogP contribution is -2.51. The van der Waals surface area contributed by atoms with Crippen LogP contribution in [0.25, 0.3) is 0 Å². The summed E-state index contributed by atoms with van der Waals surface area (Å²) in [6.45, 7) is 6.25. The van der Waals surface area contributed by atoms with Crippen LogP contribution in [0.3, 0.4) is 0 Å². The van der Waals surface area contributed by atoms with Gasteiger partial charge in [0.05, 0.1) is 0 Å². The zero-order valence-electron chi connectivity index (χ0n) is 15.5. The molecule has 2 aromatic carbocycles. The molecule has 26 heavy (non-hydrogen) atoms. The molecule has 4 heteroatoms. The largest absolute Gasteiger partial charge is 0.339 e. The Bertz CT molecular complexity index is 763. The van der Waals surface area contributed by atoms with Crippen LogP contribution in [0.15, 0.2) is 54.6 Å². The smallest absolute Gasteiger partial charge is 0.254 e. The van der Waals surface area contributed by atoms with Gasteiger partial charge in [-0.1, -0.05) is 62.4 Å². The SMILES string of the molecule is CC(C)C(=O)N1CCN(C(=O)c2ccccc2Cc2ccccc2)CC1. The van der Waals surface area contributed by atoms with Gasteiger partial charge in [0.25, 0.3) is 5.91 Å². The summed E-state index contributed by atoms with van der Waals surface area (Å²) in [5, 5.41) is 0. The molecule has 1 saturated heterocycles. The molecule has 1 aliphatic heterocycles. The highest BCUT2D eigenvalue weighted by molar-refractivity contribution is 5.96. The standard InChI is InChI=1S/C22H26N2O2/c1-17(2)21(25)23-12-14-24(15-13-23)22(26)20-11-7-6-10-19(20)16-18-8-4-3-5-9-18/h3-11,17H,12-16H2,1-2H3. The minimum Gasteiger partial charge on any atom is -0.339 e. The van der Waals surface area contributed by atoms with Gasteiger partial charge < -0.3 is 9.80 Å². The Labute approximate surface area is 155 Å². The van der Waals surface area contributed by atoms with Gasteiger partial charge in [0.2, 0.25) is 5.91 Å². The molecule has 136 valence electrons. The van der Waals surface area contributed by atoms with Gasteiger partial charge in [-0.2, -0.15) is 0 Å². The molecule has 0 N–H and O–H groups in total. The van der Waals surface area contributed by atoms with Crippen LogP contribution in [0.2, 0.25) is 0 Å². The molecule has 0 aliphatic carbocycles. The fourth-order valence-corrected chi connectivity index (χ4v) is 3.36. The first-order chi connectivity index (χ1) is 12.6. The molecule has 0 spiro atoms. The van der Waals surface area contributed by atoms with Crippen LogP contribution in [-0.2, 0) is 11.2 Å². The number of rotatable bonds is 4. The second-order valence-electron chi connectivity index (χ2n) is 7.09. The summed E-state index contributed by atoms with van der Waals surface area (Å²) in [4.78, 5) is 28.9.